The normalized spacial score (nSPS) is 27.0. The Bertz CT molecular complexity index is 974. The summed E-state index contributed by atoms with van der Waals surface area (Å²) in [6.45, 7) is 8.28. The number of piperidine rings is 3. The first-order valence-corrected chi connectivity index (χ1v) is 11.0. The SMILES string of the molecule is CN1CCN(CC#Cc2coc3cnc(C(=O)NC4CN5CCC4CC5)cc23)CC1. The molecule has 2 aromatic heterocycles. The lowest BCUT2D eigenvalue weighted by Crippen LogP contribution is -2.57. The zero-order valence-electron chi connectivity index (χ0n) is 17.6. The molecule has 4 saturated heterocycles. The number of nitrogens with zero attached hydrogens (tertiary/aromatic N) is 4. The number of carbonyl (C=O) groups is 1. The van der Waals surface area contributed by atoms with Crippen LogP contribution >= 0.6 is 0 Å². The maximum absolute atomic E-state index is 12.8. The average molecular weight is 408 g/mol. The predicted molar refractivity (Wildman–Crippen MR) is 115 cm³/mol. The third-order valence-corrected chi connectivity index (χ3v) is 6.79. The fourth-order valence-electron chi connectivity index (χ4n) is 4.78. The van der Waals surface area contributed by atoms with Crippen molar-refractivity contribution >= 4 is 16.9 Å². The van der Waals surface area contributed by atoms with Crippen LogP contribution in [-0.2, 0) is 0 Å². The molecule has 1 amide bonds. The number of fused-ring (bicyclic) bond motifs is 4. The Kier molecular flexibility index (Phi) is 5.47. The Hall–Kier alpha value is -2.40. The van der Waals surface area contributed by atoms with E-state index in [2.05, 4.69) is 43.9 Å². The maximum atomic E-state index is 12.8. The van der Waals surface area contributed by atoms with Crippen LogP contribution in [0.1, 0.15) is 28.9 Å². The van der Waals surface area contributed by atoms with Crippen LogP contribution in [0.2, 0.25) is 0 Å². The summed E-state index contributed by atoms with van der Waals surface area (Å²) >= 11 is 0. The van der Waals surface area contributed by atoms with Crippen LogP contribution in [0.15, 0.2) is 22.9 Å². The Morgan fingerprint density at radius 1 is 1.23 bits per heavy atom. The highest BCUT2D eigenvalue weighted by molar-refractivity contribution is 5.97. The molecule has 2 aromatic rings. The van der Waals surface area contributed by atoms with Crippen molar-refractivity contribution in [2.24, 2.45) is 5.92 Å². The summed E-state index contributed by atoms with van der Waals surface area (Å²) in [5, 5.41) is 4.07. The molecule has 158 valence electrons. The molecular weight excluding hydrogens is 378 g/mol. The molecule has 0 spiro atoms. The summed E-state index contributed by atoms with van der Waals surface area (Å²) in [7, 11) is 2.15. The summed E-state index contributed by atoms with van der Waals surface area (Å²) in [6.07, 6.45) is 5.64. The molecule has 4 aliphatic rings. The Labute approximate surface area is 177 Å². The highest BCUT2D eigenvalue weighted by Gasteiger charge is 2.35. The van der Waals surface area contributed by atoms with E-state index in [1.165, 1.54) is 12.8 Å². The van der Waals surface area contributed by atoms with E-state index >= 15 is 0 Å². The molecule has 0 radical (unpaired) electrons. The lowest BCUT2D eigenvalue weighted by Gasteiger charge is -2.44. The van der Waals surface area contributed by atoms with Gasteiger partial charge in [-0.05, 0) is 45.0 Å². The van der Waals surface area contributed by atoms with Crippen molar-refractivity contribution in [2.45, 2.75) is 18.9 Å². The number of hydrogen-bond donors (Lipinski definition) is 1. The van der Waals surface area contributed by atoms with Crippen molar-refractivity contribution in [3.05, 3.63) is 29.8 Å². The Balaban J connectivity index is 1.27. The lowest BCUT2D eigenvalue weighted by molar-refractivity contribution is 0.0618. The minimum Gasteiger partial charge on any atom is -0.461 e. The molecule has 1 N–H and O–H groups in total. The zero-order chi connectivity index (χ0) is 20.5. The zero-order valence-corrected chi connectivity index (χ0v) is 17.6. The van der Waals surface area contributed by atoms with Gasteiger partial charge in [0.2, 0.25) is 0 Å². The van der Waals surface area contributed by atoms with Crippen molar-refractivity contribution in [2.75, 3.05) is 59.4 Å². The molecule has 4 fully saturated rings. The number of furan rings is 1. The largest absolute Gasteiger partial charge is 0.461 e. The second-order valence-corrected chi connectivity index (χ2v) is 8.81. The lowest BCUT2D eigenvalue weighted by atomic mass is 9.84. The third kappa shape index (κ3) is 4.08. The number of nitrogens with one attached hydrogen (secondary N) is 1. The molecule has 0 aromatic carbocycles. The fraction of sp³-hybridized carbons (Fsp3) is 0.565. The van der Waals surface area contributed by atoms with Gasteiger partial charge in [0, 0.05) is 44.2 Å². The van der Waals surface area contributed by atoms with Crippen molar-refractivity contribution in [3.63, 3.8) is 0 Å². The van der Waals surface area contributed by atoms with Gasteiger partial charge in [-0.2, -0.15) is 0 Å². The van der Waals surface area contributed by atoms with Crippen LogP contribution in [0, 0.1) is 17.8 Å². The first-order valence-electron chi connectivity index (χ1n) is 11.0. The molecule has 1 atom stereocenters. The van der Waals surface area contributed by atoms with Crippen LogP contribution in [0.3, 0.4) is 0 Å². The van der Waals surface area contributed by atoms with E-state index in [0.29, 0.717) is 17.2 Å². The number of likely N-dealkylation sites (N-methyl/N-ethyl adjacent to an activating group) is 1. The Morgan fingerprint density at radius 3 is 2.77 bits per heavy atom. The molecule has 7 nitrogen and oxygen atoms in total. The average Bonchev–Trinajstić information content (AvgIpc) is 3.18. The van der Waals surface area contributed by atoms with E-state index in [-0.39, 0.29) is 11.9 Å². The molecule has 7 heteroatoms. The van der Waals surface area contributed by atoms with Crippen LogP contribution in [-0.4, -0.2) is 91.0 Å². The van der Waals surface area contributed by atoms with Crippen molar-refractivity contribution in [1.29, 1.82) is 0 Å². The first-order chi connectivity index (χ1) is 14.7. The van der Waals surface area contributed by atoms with Gasteiger partial charge < -0.3 is 19.5 Å². The van der Waals surface area contributed by atoms with Crippen molar-refractivity contribution in [3.8, 4) is 11.8 Å². The number of hydrogen-bond acceptors (Lipinski definition) is 6. The summed E-state index contributed by atoms with van der Waals surface area (Å²) in [5.74, 6) is 6.99. The Morgan fingerprint density at radius 2 is 2.03 bits per heavy atom. The van der Waals surface area contributed by atoms with Crippen LogP contribution in [0.5, 0.6) is 0 Å². The molecule has 6 heterocycles. The summed E-state index contributed by atoms with van der Waals surface area (Å²) in [5.41, 5.74) is 1.92. The van der Waals surface area contributed by atoms with E-state index in [1.54, 1.807) is 12.5 Å². The predicted octanol–water partition coefficient (Wildman–Crippen LogP) is 1.25. The van der Waals surface area contributed by atoms with E-state index in [0.717, 1.165) is 63.3 Å². The molecule has 0 aliphatic carbocycles. The van der Waals surface area contributed by atoms with E-state index < -0.39 is 0 Å². The monoisotopic (exact) mass is 407 g/mol. The molecular formula is C23H29N5O2. The van der Waals surface area contributed by atoms with Crippen LogP contribution in [0.4, 0.5) is 0 Å². The smallest absolute Gasteiger partial charge is 0.270 e. The molecule has 1 unspecified atom stereocenters. The molecule has 0 saturated carbocycles. The number of pyridine rings is 1. The first kappa shape index (κ1) is 19.6. The molecule has 6 rings (SSSR count). The molecule has 4 aliphatic heterocycles. The summed E-state index contributed by atoms with van der Waals surface area (Å²) in [6, 6.07) is 2.04. The quantitative estimate of drug-likeness (QED) is 0.773. The van der Waals surface area contributed by atoms with Gasteiger partial charge in [-0.15, -0.1) is 0 Å². The molecule has 2 bridgehead atoms. The maximum Gasteiger partial charge on any atom is 0.270 e. The van der Waals surface area contributed by atoms with Gasteiger partial charge in [0.1, 0.15) is 12.0 Å². The van der Waals surface area contributed by atoms with E-state index in [9.17, 15) is 4.79 Å². The van der Waals surface area contributed by atoms with Crippen molar-refractivity contribution in [1.82, 2.24) is 25.0 Å². The summed E-state index contributed by atoms with van der Waals surface area (Å²) in [4.78, 5) is 24.3. The third-order valence-electron chi connectivity index (χ3n) is 6.79. The van der Waals surface area contributed by atoms with Gasteiger partial charge >= 0.3 is 0 Å². The van der Waals surface area contributed by atoms with Gasteiger partial charge in [-0.1, -0.05) is 11.8 Å². The standard InChI is InChI=1S/C23H29N5O2/c1-26-9-11-27(12-10-26)6-2-3-18-16-30-22-14-24-20(13-19(18)22)23(29)25-21-15-28-7-4-17(21)5-8-28/h13-14,16-17,21H,4-12,15H2,1H3,(H,25,29). The number of piperazine rings is 1. The van der Waals surface area contributed by atoms with Gasteiger partial charge in [0.25, 0.3) is 5.91 Å². The highest BCUT2D eigenvalue weighted by atomic mass is 16.3. The number of aromatic nitrogens is 1. The number of amides is 1. The van der Waals surface area contributed by atoms with E-state index in [1.807, 2.05) is 6.07 Å². The summed E-state index contributed by atoms with van der Waals surface area (Å²) < 4.78 is 5.61. The second-order valence-electron chi connectivity index (χ2n) is 8.81. The van der Waals surface area contributed by atoms with Crippen LogP contribution < -0.4 is 5.32 Å². The highest BCUT2D eigenvalue weighted by Crippen LogP contribution is 2.28. The van der Waals surface area contributed by atoms with Gasteiger partial charge in [-0.3, -0.25) is 9.69 Å². The van der Waals surface area contributed by atoms with Gasteiger partial charge in [0.05, 0.1) is 18.3 Å². The van der Waals surface area contributed by atoms with Crippen LogP contribution in [0.25, 0.3) is 11.0 Å². The second kappa shape index (κ2) is 8.38. The van der Waals surface area contributed by atoms with E-state index in [4.69, 9.17) is 4.42 Å². The number of carbonyl (C=O) groups excluding carboxylic acids is 1. The van der Waals surface area contributed by atoms with Gasteiger partial charge in [-0.25, -0.2) is 4.98 Å². The fourth-order valence-corrected chi connectivity index (χ4v) is 4.78. The van der Waals surface area contributed by atoms with Crippen molar-refractivity contribution < 1.29 is 9.21 Å². The number of rotatable bonds is 3. The minimum atomic E-state index is -0.104. The molecule has 30 heavy (non-hydrogen) atoms. The topological polar surface area (TPSA) is 64.9 Å². The minimum absolute atomic E-state index is 0.104. The van der Waals surface area contributed by atoms with Gasteiger partial charge in [0.15, 0.2) is 5.58 Å².